The van der Waals surface area contributed by atoms with Crippen LogP contribution in [0.3, 0.4) is 0 Å². The van der Waals surface area contributed by atoms with Crippen molar-refractivity contribution in [3.63, 3.8) is 0 Å². The van der Waals surface area contributed by atoms with Crippen molar-refractivity contribution < 1.29 is 0 Å². The van der Waals surface area contributed by atoms with Gasteiger partial charge < -0.3 is 0 Å². The first-order valence-electron chi connectivity index (χ1n) is 5.63. The lowest BCUT2D eigenvalue weighted by atomic mass is 9.75. The van der Waals surface area contributed by atoms with Gasteiger partial charge in [0.2, 0.25) is 0 Å². The Hall–Kier alpha value is 0. The fourth-order valence-electron chi connectivity index (χ4n) is 3.19. The molecule has 1 aliphatic carbocycles. The molecule has 1 rings (SSSR count). The lowest BCUT2D eigenvalue weighted by Crippen LogP contribution is -2.23. The first-order chi connectivity index (χ1) is 5.63. The van der Waals surface area contributed by atoms with Crippen LogP contribution in [-0.4, -0.2) is 0 Å². The van der Waals surface area contributed by atoms with E-state index in [4.69, 9.17) is 0 Å². The van der Waals surface area contributed by atoms with Gasteiger partial charge in [-0.3, -0.25) is 0 Å². The van der Waals surface area contributed by atoms with Crippen molar-refractivity contribution in [1.82, 2.24) is 0 Å². The van der Waals surface area contributed by atoms with Gasteiger partial charge in [-0.25, -0.2) is 0 Å². The van der Waals surface area contributed by atoms with E-state index in [1.807, 2.05) is 0 Å². The highest BCUT2D eigenvalue weighted by molar-refractivity contribution is 4.77. The van der Waals surface area contributed by atoms with Crippen molar-refractivity contribution in [2.24, 2.45) is 23.7 Å². The third-order valence-corrected chi connectivity index (χ3v) is 3.65. The zero-order valence-electron chi connectivity index (χ0n) is 9.14. The maximum Gasteiger partial charge on any atom is -0.0340 e. The van der Waals surface area contributed by atoms with Crippen LogP contribution in [0.15, 0.2) is 0 Å². The lowest BCUT2D eigenvalue weighted by molar-refractivity contribution is 0.190. The molecule has 2 unspecified atom stereocenters. The summed E-state index contributed by atoms with van der Waals surface area (Å²) in [6, 6.07) is 0. The van der Waals surface area contributed by atoms with E-state index in [2.05, 4.69) is 27.7 Å². The molecular formula is C12H24. The lowest BCUT2D eigenvalue weighted by Gasteiger charge is -2.30. The smallest absolute Gasteiger partial charge is 0.0340 e. The summed E-state index contributed by atoms with van der Waals surface area (Å²) >= 11 is 0. The van der Waals surface area contributed by atoms with Crippen LogP contribution >= 0.6 is 0 Å². The standard InChI is InChI=1S/C12H24/c1-9(2)12-10(3)7-5-6-8-11(12)4/h9-12H,5-8H2,1-4H3. The molecule has 0 aliphatic heterocycles. The molecule has 1 saturated carbocycles. The maximum absolute atomic E-state index is 2.45. The second-order valence-corrected chi connectivity index (χ2v) is 5.06. The molecule has 0 saturated heterocycles. The van der Waals surface area contributed by atoms with Gasteiger partial charge in [-0.1, -0.05) is 53.4 Å². The van der Waals surface area contributed by atoms with E-state index >= 15 is 0 Å². The van der Waals surface area contributed by atoms with Crippen molar-refractivity contribution in [2.45, 2.75) is 53.4 Å². The molecule has 0 aromatic rings. The van der Waals surface area contributed by atoms with E-state index in [1.165, 1.54) is 25.7 Å². The van der Waals surface area contributed by atoms with E-state index in [-0.39, 0.29) is 0 Å². The molecule has 1 aliphatic rings. The van der Waals surface area contributed by atoms with Crippen LogP contribution in [-0.2, 0) is 0 Å². The molecule has 0 nitrogen and oxygen atoms in total. The Labute approximate surface area is 77.7 Å². The Morgan fingerprint density at radius 1 is 0.917 bits per heavy atom. The quantitative estimate of drug-likeness (QED) is 0.517. The second kappa shape index (κ2) is 4.30. The molecule has 0 bridgehead atoms. The minimum Gasteiger partial charge on any atom is -0.0625 e. The summed E-state index contributed by atoms with van der Waals surface area (Å²) in [5.74, 6) is 3.78. The van der Waals surface area contributed by atoms with Gasteiger partial charge in [-0.05, 0) is 23.7 Å². The molecule has 72 valence electrons. The van der Waals surface area contributed by atoms with Gasteiger partial charge in [-0.15, -0.1) is 0 Å². The molecule has 0 spiro atoms. The van der Waals surface area contributed by atoms with Crippen molar-refractivity contribution >= 4 is 0 Å². The molecule has 0 heterocycles. The minimum absolute atomic E-state index is 0.882. The molecule has 0 N–H and O–H groups in total. The Balaban J connectivity index is 2.61. The van der Waals surface area contributed by atoms with Gasteiger partial charge in [0.15, 0.2) is 0 Å². The Bertz CT molecular complexity index is 114. The van der Waals surface area contributed by atoms with Crippen LogP contribution in [0.5, 0.6) is 0 Å². The van der Waals surface area contributed by atoms with Crippen LogP contribution < -0.4 is 0 Å². The van der Waals surface area contributed by atoms with Gasteiger partial charge in [0, 0.05) is 0 Å². The molecular weight excluding hydrogens is 144 g/mol. The largest absolute Gasteiger partial charge is 0.0625 e. The molecule has 0 amide bonds. The number of rotatable bonds is 1. The molecule has 0 aromatic heterocycles. The molecule has 0 heteroatoms. The average Bonchev–Trinajstić information content (AvgIpc) is 2.11. The summed E-state index contributed by atoms with van der Waals surface area (Å²) in [6.45, 7) is 9.69. The fourth-order valence-corrected chi connectivity index (χ4v) is 3.19. The summed E-state index contributed by atoms with van der Waals surface area (Å²) in [6.07, 6.45) is 5.86. The SMILES string of the molecule is CC(C)C1C(C)CCCCC1C. The van der Waals surface area contributed by atoms with Crippen LogP contribution in [0.4, 0.5) is 0 Å². The first kappa shape index (κ1) is 10.1. The Kier molecular flexibility index (Phi) is 3.61. The molecule has 1 fully saturated rings. The highest BCUT2D eigenvalue weighted by Crippen LogP contribution is 2.37. The van der Waals surface area contributed by atoms with E-state index < -0.39 is 0 Å². The zero-order valence-corrected chi connectivity index (χ0v) is 9.14. The van der Waals surface area contributed by atoms with Crippen molar-refractivity contribution in [3.05, 3.63) is 0 Å². The first-order valence-corrected chi connectivity index (χ1v) is 5.63. The van der Waals surface area contributed by atoms with E-state index in [0.29, 0.717) is 0 Å². The normalized spacial score (nSPS) is 38.2. The Morgan fingerprint density at radius 2 is 1.33 bits per heavy atom. The molecule has 2 atom stereocenters. The predicted octanol–water partition coefficient (Wildman–Crippen LogP) is 4.10. The molecule has 0 aromatic carbocycles. The summed E-state index contributed by atoms with van der Waals surface area (Å²) in [5.41, 5.74) is 0. The zero-order chi connectivity index (χ0) is 9.14. The highest BCUT2D eigenvalue weighted by atomic mass is 14.3. The van der Waals surface area contributed by atoms with Crippen LogP contribution in [0, 0.1) is 23.7 Å². The topological polar surface area (TPSA) is 0 Å². The summed E-state index contributed by atoms with van der Waals surface area (Å²) in [5, 5.41) is 0. The van der Waals surface area contributed by atoms with Crippen LogP contribution in [0.1, 0.15) is 53.4 Å². The van der Waals surface area contributed by atoms with Gasteiger partial charge in [0.05, 0.1) is 0 Å². The van der Waals surface area contributed by atoms with Crippen molar-refractivity contribution in [2.75, 3.05) is 0 Å². The van der Waals surface area contributed by atoms with Gasteiger partial charge >= 0.3 is 0 Å². The number of hydrogen-bond donors (Lipinski definition) is 0. The van der Waals surface area contributed by atoms with Crippen molar-refractivity contribution in [1.29, 1.82) is 0 Å². The summed E-state index contributed by atoms with van der Waals surface area (Å²) in [4.78, 5) is 0. The maximum atomic E-state index is 2.45. The predicted molar refractivity (Wildman–Crippen MR) is 55.1 cm³/mol. The number of hydrogen-bond acceptors (Lipinski definition) is 0. The third kappa shape index (κ3) is 2.24. The Morgan fingerprint density at radius 3 is 1.67 bits per heavy atom. The van der Waals surface area contributed by atoms with Gasteiger partial charge in [0.25, 0.3) is 0 Å². The fraction of sp³-hybridized carbons (Fsp3) is 1.00. The second-order valence-electron chi connectivity index (χ2n) is 5.06. The van der Waals surface area contributed by atoms with Gasteiger partial charge in [-0.2, -0.15) is 0 Å². The van der Waals surface area contributed by atoms with E-state index in [0.717, 1.165) is 23.7 Å². The average molecular weight is 168 g/mol. The monoisotopic (exact) mass is 168 g/mol. The van der Waals surface area contributed by atoms with Crippen LogP contribution in [0.2, 0.25) is 0 Å². The summed E-state index contributed by atoms with van der Waals surface area (Å²) in [7, 11) is 0. The molecule has 0 radical (unpaired) electrons. The summed E-state index contributed by atoms with van der Waals surface area (Å²) < 4.78 is 0. The van der Waals surface area contributed by atoms with Gasteiger partial charge in [0.1, 0.15) is 0 Å². The highest BCUT2D eigenvalue weighted by Gasteiger charge is 2.27. The minimum atomic E-state index is 0.882. The molecule has 12 heavy (non-hydrogen) atoms. The van der Waals surface area contributed by atoms with Crippen molar-refractivity contribution in [3.8, 4) is 0 Å². The van der Waals surface area contributed by atoms with E-state index in [9.17, 15) is 0 Å². The third-order valence-electron chi connectivity index (χ3n) is 3.65. The van der Waals surface area contributed by atoms with E-state index in [1.54, 1.807) is 0 Å². The van der Waals surface area contributed by atoms with Crippen LogP contribution in [0.25, 0.3) is 0 Å².